The summed E-state index contributed by atoms with van der Waals surface area (Å²) in [5.74, 6) is 0.638. The van der Waals surface area contributed by atoms with Crippen LogP contribution in [-0.2, 0) is 17.0 Å². The monoisotopic (exact) mass is 423 g/mol. The second-order valence-corrected chi connectivity index (χ2v) is 8.23. The summed E-state index contributed by atoms with van der Waals surface area (Å²) in [5, 5.41) is 6.16. The number of hydrogen-bond acceptors (Lipinski definition) is 5. The molecule has 2 aromatic heterocycles. The lowest BCUT2D eigenvalue weighted by atomic mass is 10.2. The van der Waals surface area contributed by atoms with Crippen molar-refractivity contribution in [2.24, 2.45) is 0 Å². The van der Waals surface area contributed by atoms with Gasteiger partial charge in [0.05, 0.1) is 23.4 Å². The number of amides is 1. The van der Waals surface area contributed by atoms with Crippen molar-refractivity contribution in [1.82, 2.24) is 9.55 Å². The van der Waals surface area contributed by atoms with Gasteiger partial charge >= 0.3 is 0 Å². The predicted octanol–water partition coefficient (Wildman–Crippen LogP) is 5.29. The van der Waals surface area contributed by atoms with Gasteiger partial charge < -0.3 is 14.6 Å². The zero-order valence-corrected chi connectivity index (χ0v) is 17.6. The Labute approximate surface area is 177 Å². The Hall–Kier alpha value is -2.61. The molecule has 0 aliphatic rings. The molecule has 0 atom stereocenters. The van der Waals surface area contributed by atoms with Gasteiger partial charge in [0.25, 0.3) is 5.91 Å². The van der Waals surface area contributed by atoms with Gasteiger partial charge in [-0.2, -0.15) is 0 Å². The molecule has 0 fully saturated rings. The first-order valence-electron chi connectivity index (χ1n) is 9.22. The number of benzene rings is 2. The predicted molar refractivity (Wildman–Crippen MR) is 120 cm³/mol. The minimum absolute atomic E-state index is 0.107. The minimum atomic E-state index is -0.107. The van der Waals surface area contributed by atoms with Gasteiger partial charge in [0.2, 0.25) is 0 Å². The van der Waals surface area contributed by atoms with Crippen molar-refractivity contribution in [2.75, 3.05) is 19.0 Å². The summed E-state index contributed by atoms with van der Waals surface area (Å²) in [5.41, 5.74) is 5.43. The summed E-state index contributed by atoms with van der Waals surface area (Å²) < 4.78 is 7.31. The van der Waals surface area contributed by atoms with Gasteiger partial charge in [-0.05, 0) is 36.4 Å². The summed E-state index contributed by atoms with van der Waals surface area (Å²) in [6.07, 6.45) is 2.04. The summed E-state index contributed by atoms with van der Waals surface area (Å²) in [4.78, 5) is 18.2. The van der Waals surface area contributed by atoms with Gasteiger partial charge in [-0.1, -0.05) is 12.1 Å². The summed E-state index contributed by atoms with van der Waals surface area (Å²) in [6.45, 7) is 1.47. The van der Waals surface area contributed by atoms with Crippen molar-refractivity contribution < 1.29 is 9.53 Å². The molecule has 2 aromatic carbocycles. The Bertz CT molecular complexity index is 1110. The van der Waals surface area contributed by atoms with Crippen LogP contribution >= 0.6 is 23.1 Å². The Morgan fingerprint density at radius 3 is 2.97 bits per heavy atom. The number of nitrogens with one attached hydrogen (secondary N) is 1. The van der Waals surface area contributed by atoms with Crippen LogP contribution in [0.15, 0.2) is 70.5 Å². The number of carbonyl (C=O) groups is 1. The average Bonchev–Trinajstić information content (AvgIpc) is 3.40. The first kappa shape index (κ1) is 19.7. The molecule has 0 unspecified atom stereocenters. The van der Waals surface area contributed by atoms with E-state index in [1.54, 1.807) is 30.2 Å². The van der Waals surface area contributed by atoms with E-state index in [1.165, 1.54) is 0 Å². The Kier molecular flexibility index (Phi) is 6.29. The van der Waals surface area contributed by atoms with Crippen LogP contribution in [0.4, 0.5) is 5.69 Å². The van der Waals surface area contributed by atoms with Crippen molar-refractivity contribution in [3.8, 4) is 0 Å². The zero-order valence-electron chi connectivity index (χ0n) is 16.0. The fourth-order valence-corrected chi connectivity index (χ4v) is 4.72. The number of thiazole rings is 1. The quantitative estimate of drug-likeness (QED) is 0.391. The number of methoxy groups -OCH3 is 1. The molecule has 4 aromatic rings. The van der Waals surface area contributed by atoms with Crippen LogP contribution in [0, 0.1) is 0 Å². The van der Waals surface area contributed by atoms with Crippen LogP contribution in [0.2, 0.25) is 0 Å². The maximum atomic E-state index is 12.9. The van der Waals surface area contributed by atoms with E-state index < -0.39 is 0 Å². The molecule has 0 aliphatic heterocycles. The molecule has 1 N–H and O–H groups in total. The van der Waals surface area contributed by atoms with E-state index in [0.29, 0.717) is 12.2 Å². The normalized spacial score (nSPS) is 11.1. The number of fused-ring (bicyclic) bond motifs is 1. The molecule has 0 radical (unpaired) electrons. The molecule has 0 saturated carbocycles. The molecule has 4 rings (SSSR count). The van der Waals surface area contributed by atoms with Crippen LogP contribution in [0.25, 0.3) is 10.9 Å². The molecule has 0 aliphatic carbocycles. The molecular weight excluding hydrogens is 402 g/mol. The smallest absolute Gasteiger partial charge is 0.256 e. The summed E-state index contributed by atoms with van der Waals surface area (Å²) >= 11 is 3.21. The number of anilines is 1. The lowest BCUT2D eigenvalue weighted by Crippen LogP contribution is -2.13. The topological polar surface area (TPSA) is 56.1 Å². The van der Waals surface area contributed by atoms with E-state index in [0.717, 1.165) is 39.5 Å². The second kappa shape index (κ2) is 9.26. The van der Waals surface area contributed by atoms with E-state index in [4.69, 9.17) is 4.74 Å². The molecule has 0 bridgehead atoms. The highest BCUT2D eigenvalue weighted by molar-refractivity contribution is 7.98. The highest BCUT2D eigenvalue weighted by atomic mass is 32.2. The van der Waals surface area contributed by atoms with Gasteiger partial charge in [0.1, 0.15) is 0 Å². The molecule has 148 valence electrons. The lowest BCUT2D eigenvalue weighted by Gasteiger charge is -2.10. The van der Waals surface area contributed by atoms with E-state index in [1.807, 2.05) is 59.6 Å². The molecular formula is C22H21N3O2S2. The standard InChI is InChI=1S/C22H21N3O2S2/c1-27-11-10-25-9-8-16-12-17(6-7-20(16)25)24-22(26)19-4-2-3-5-21(19)29-14-18-13-28-15-23-18/h2-9,12-13,15H,10-11,14H2,1H3,(H,24,26). The molecule has 1 amide bonds. The van der Waals surface area contributed by atoms with E-state index in [-0.39, 0.29) is 5.91 Å². The molecule has 29 heavy (non-hydrogen) atoms. The second-order valence-electron chi connectivity index (χ2n) is 6.49. The Morgan fingerprint density at radius 1 is 1.24 bits per heavy atom. The van der Waals surface area contributed by atoms with Crippen molar-refractivity contribution in [3.05, 3.63) is 76.9 Å². The fraction of sp³-hybridized carbons (Fsp3) is 0.182. The number of hydrogen-bond donors (Lipinski definition) is 1. The van der Waals surface area contributed by atoms with E-state index in [2.05, 4.69) is 20.9 Å². The number of ether oxygens (including phenoxy) is 1. The first-order valence-corrected chi connectivity index (χ1v) is 11.2. The number of thioether (sulfide) groups is 1. The van der Waals surface area contributed by atoms with Gasteiger partial charge in [0, 0.05) is 52.5 Å². The maximum absolute atomic E-state index is 12.9. The van der Waals surface area contributed by atoms with Crippen LogP contribution in [0.3, 0.4) is 0 Å². The van der Waals surface area contributed by atoms with Crippen molar-refractivity contribution in [1.29, 1.82) is 0 Å². The van der Waals surface area contributed by atoms with Gasteiger partial charge in [-0.25, -0.2) is 4.98 Å². The van der Waals surface area contributed by atoms with Gasteiger partial charge in [0.15, 0.2) is 0 Å². The number of rotatable bonds is 8. The third-order valence-corrected chi connectivity index (χ3v) is 6.30. The summed E-state index contributed by atoms with van der Waals surface area (Å²) in [7, 11) is 1.70. The molecule has 2 heterocycles. The Morgan fingerprint density at radius 2 is 2.14 bits per heavy atom. The highest BCUT2D eigenvalue weighted by Crippen LogP contribution is 2.27. The number of carbonyl (C=O) groups excluding carboxylic acids is 1. The molecule has 5 nitrogen and oxygen atoms in total. The minimum Gasteiger partial charge on any atom is -0.383 e. The SMILES string of the molecule is COCCn1ccc2cc(NC(=O)c3ccccc3SCc3cscn3)ccc21. The number of nitrogens with zero attached hydrogens (tertiary/aromatic N) is 2. The van der Waals surface area contributed by atoms with Gasteiger partial charge in [-0.15, -0.1) is 23.1 Å². The zero-order chi connectivity index (χ0) is 20.1. The lowest BCUT2D eigenvalue weighted by molar-refractivity contribution is 0.102. The van der Waals surface area contributed by atoms with E-state index in [9.17, 15) is 4.79 Å². The van der Waals surface area contributed by atoms with Crippen molar-refractivity contribution >= 4 is 45.6 Å². The third kappa shape index (κ3) is 4.70. The van der Waals surface area contributed by atoms with Crippen molar-refractivity contribution in [2.45, 2.75) is 17.2 Å². The van der Waals surface area contributed by atoms with Crippen LogP contribution in [0.1, 0.15) is 16.1 Å². The highest BCUT2D eigenvalue weighted by Gasteiger charge is 2.13. The molecule has 7 heteroatoms. The van der Waals surface area contributed by atoms with Crippen LogP contribution in [-0.4, -0.2) is 29.2 Å². The largest absolute Gasteiger partial charge is 0.383 e. The Balaban J connectivity index is 1.49. The fourth-order valence-electron chi connectivity index (χ4n) is 3.10. The molecule has 0 spiro atoms. The third-order valence-electron chi connectivity index (χ3n) is 4.56. The molecule has 0 saturated heterocycles. The number of aromatic nitrogens is 2. The summed E-state index contributed by atoms with van der Waals surface area (Å²) in [6, 6.07) is 15.7. The maximum Gasteiger partial charge on any atom is 0.256 e. The first-order chi connectivity index (χ1) is 14.2. The van der Waals surface area contributed by atoms with Gasteiger partial charge in [-0.3, -0.25) is 4.79 Å². The average molecular weight is 424 g/mol. The van der Waals surface area contributed by atoms with Crippen LogP contribution in [0.5, 0.6) is 0 Å². The van der Waals surface area contributed by atoms with E-state index >= 15 is 0 Å². The van der Waals surface area contributed by atoms with Crippen molar-refractivity contribution in [3.63, 3.8) is 0 Å². The van der Waals surface area contributed by atoms with Crippen LogP contribution < -0.4 is 5.32 Å².